The van der Waals surface area contributed by atoms with Gasteiger partial charge in [-0.3, -0.25) is 13.5 Å². The SMILES string of the molecule is Nc1ncnc2c1ncn2[C@@H]1O[C@H](COS(=O)(=O)NC(=O)C(F)(F)F)[C@@H](O)[C@H]1O. The number of rotatable bonds is 5. The number of carbonyl (C=O) groups excluding carboxylic acids is 1. The molecule has 5 N–H and O–H groups in total. The molecule has 0 saturated carbocycles. The number of fused-ring (bicyclic) bond motifs is 1. The number of aromatic nitrogens is 4. The van der Waals surface area contributed by atoms with E-state index in [1.54, 1.807) is 0 Å². The molecular weight excluding hydrogens is 429 g/mol. The minimum atomic E-state index is -5.45. The van der Waals surface area contributed by atoms with Gasteiger partial charge < -0.3 is 20.7 Å². The minimum absolute atomic E-state index is 0.0353. The van der Waals surface area contributed by atoms with Gasteiger partial charge in [-0.05, 0) is 0 Å². The van der Waals surface area contributed by atoms with Gasteiger partial charge in [-0.2, -0.15) is 21.6 Å². The molecule has 0 spiro atoms. The van der Waals surface area contributed by atoms with Crippen LogP contribution in [0.4, 0.5) is 19.0 Å². The number of nitrogens with one attached hydrogen (secondary N) is 1. The van der Waals surface area contributed by atoms with Gasteiger partial charge in [0.25, 0.3) is 0 Å². The van der Waals surface area contributed by atoms with Gasteiger partial charge in [-0.15, -0.1) is 0 Å². The summed E-state index contributed by atoms with van der Waals surface area (Å²) in [5, 5.41) is 20.2. The summed E-state index contributed by atoms with van der Waals surface area (Å²) in [7, 11) is -5.15. The summed E-state index contributed by atoms with van der Waals surface area (Å²) < 4.78 is 70.8. The van der Waals surface area contributed by atoms with Crippen LogP contribution in [-0.2, 0) is 24.0 Å². The number of aliphatic hydroxyl groups excluding tert-OH is 2. The summed E-state index contributed by atoms with van der Waals surface area (Å²) in [5.41, 5.74) is 5.96. The summed E-state index contributed by atoms with van der Waals surface area (Å²) in [6, 6.07) is 0. The summed E-state index contributed by atoms with van der Waals surface area (Å²) in [5.74, 6) is -2.72. The highest BCUT2D eigenvalue weighted by Crippen LogP contribution is 2.32. The number of hydrogen-bond donors (Lipinski definition) is 4. The Morgan fingerprint density at radius 3 is 2.66 bits per heavy atom. The number of carbonyl (C=O) groups is 1. The Hall–Kier alpha value is -2.60. The molecule has 0 aromatic carbocycles. The molecule has 17 heteroatoms. The van der Waals surface area contributed by atoms with Gasteiger partial charge in [0.1, 0.15) is 30.2 Å². The molecule has 3 heterocycles. The third-order valence-corrected chi connectivity index (χ3v) is 4.74. The van der Waals surface area contributed by atoms with Crippen molar-refractivity contribution in [2.45, 2.75) is 30.7 Å². The van der Waals surface area contributed by atoms with Crippen molar-refractivity contribution in [2.75, 3.05) is 12.3 Å². The van der Waals surface area contributed by atoms with E-state index >= 15 is 0 Å². The molecule has 0 bridgehead atoms. The highest BCUT2D eigenvalue weighted by atomic mass is 32.2. The molecule has 2 aromatic heterocycles. The Morgan fingerprint density at radius 1 is 1.31 bits per heavy atom. The molecule has 1 amide bonds. The van der Waals surface area contributed by atoms with Crippen LogP contribution in [0.3, 0.4) is 0 Å². The highest BCUT2D eigenvalue weighted by molar-refractivity contribution is 7.85. The second-order valence-electron chi connectivity index (χ2n) is 5.80. The zero-order chi connectivity index (χ0) is 21.6. The fraction of sp³-hybridized carbons (Fsp3) is 0.500. The first-order chi connectivity index (χ1) is 13.4. The number of ether oxygens (including phenoxy) is 1. The van der Waals surface area contributed by atoms with Crippen molar-refractivity contribution in [3.05, 3.63) is 12.7 Å². The van der Waals surface area contributed by atoms with E-state index < -0.39 is 53.5 Å². The van der Waals surface area contributed by atoms with Crippen molar-refractivity contribution in [1.82, 2.24) is 24.2 Å². The van der Waals surface area contributed by atoms with Crippen LogP contribution in [0.2, 0.25) is 0 Å². The third kappa shape index (κ3) is 4.22. The Labute approximate surface area is 159 Å². The van der Waals surface area contributed by atoms with E-state index in [4.69, 9.17) is 10.5 Å². The number of aliphatic hydroxyl groups is 2. The summed E-state index contributed by atoms with van der Waals surface area (Å²) in [6.07, 6.45) is -9.23. The molecule has 160 valence electrons. The van der Waals surface area contributed by atoms with Crippen LogP contribution in [0.1, 0.15) is 6.23 Å². The summed E-state index contributed by atoms with van der Waals surface area (Å²) in [6.45, 7) is -1.00. The van der Waals surface area contributed by atoms with Crippen LogP contribution >= 0.6 is 0 Å². The van der Waals surface area contributed by atoms with Crippen molar-refractivity contribution in [2.24, 2.45) is 0 Å². The number of nitrogens with zero attached hydrogens (tertiary/aromatic N) is 4. The lowest BCUT2D eigenvalue weighted by atomic mass is 10.1. The van der Waals surface area contributed by atoms with Crippen LogP contribution in [0.25, 0.3) is 11.2 Å². The van der Waals surface area contributed by atoms with Gasteiger partial charge in [-0.25, -0.2) is 19.7 Å². The van der Waals surface area contributed by atoms with Crippen molar-refractivity contribution in [3.8, 4) is 0 Å². The first kappa shape index (κ1) is 21.1. The number of alkyl halides is 3. The average Bonchev–Trinajstić information content (AvgIpc) is 3.15. The van der Waals surface area contributed by atoms with Crippen LogP contribution < -0.4 is 10.5 Å². The van der Waals surface area contributed by atoms with E-state index in [0.717, 1.165) is 6.33 Å². The van der Waals surface area contributed by atoms with E-state index in [9.17, 15) is 36.6 Å². The van der Waals surface area contributed by atoms with Gasteiger partial charge in [0, 0.05) is 0 Å². The summed E-state index contributed by atoms with van der Waals surface area (Å²) >= 11 is 0. The van der Waals surface area contributed by atoms with Gasteiger partial charge in [0.05, 0.1) is 12.9 Å². The van der Waals surface area contributed by atoms with Crippen molar-refractivity contribution in [1.29, 1.82) is 0 Å². The molecule has 1 aliphatic heterocycles. The molecule has 1 aliphatic rings. The largest absolute Gasteiger partial charge is 0.472 e. The fourth-order valence-electron chi connectivity index (χ4n) is 2.51. The smallest absolute Gasteiger partial charge is 0.387 e. The van der Waals surface area contributed by atoms with Gasteiger partial charge in [0.2, 0.25) is 0 Å². The van der Waals surface area contributed by atoms with Crippen molar-refractivity contribution in [3.63, 3.8) is 0 Å². The minimum Gasteiger partial charge on any atom is -0.387 e. The molecule has 0 radical (unpaired) electrons. The standard InChI is InChI=1S/C12H13F3N6O7S/c13-12(14,15)11(24)20-29(25,26)27-1-4-6(22)7(23)10(28-4)21-3-19-5-8(16)17-2-18-9(5)21/h2-4,6-7,10,22-23H,1H2,(H,20,24)(H2,16,17,18)/t4-,6-,7-,10-/m1/s1. The lowest BCUT2D eigenvalue weighted by Crippen LogP contribution is -2.42. The number of anilines is 1. The van der Waals surface area contributed by atoms with Crippen molar-refractivity contribution < 1.29 is 45.5 Å². The lowest BCUT2D eigenvalue weighted by Gasteiger charge is -2.16. The molecule has 0 aliphatic carbocycles. The number of halogens is 3. The predicted octanol–water partition coefficient (Wildman–Crippen LogP) is -2.03. The molecule has 0 unspecified atom stereocenters. The molecule has 13 nitrogen and oxygen atoms in total. The molecule has 4 atom stereocenters. The topological polar surface area (TPSA) is 192 Å². The maximum atomic E-state index is 12.1. The van der Waals surface area contributed by atoms with E-state index in [1.165, 1.54) is 10.9 Å². The van der Waals surface area contributed by atoms with E-state index in [1.807, 2.05) is 0 Å². The normalized spacial score (nSPS) is 25.4. The molecule has 3 rings (SSSR count). The third-order valence-electron chi connectivity index (χ3n) is 3.86. The molecule has 29 heavy (non-hydrogen) atoms. The number of nitrogen functional groups attached to an aromatic ring is 1. The van der Waals surface area contributed by atoms with Crippen LogP contribution in [0.5, 0.6) is 0 Å². The zero-order valence-corrected chi connectivity index (χ0v) is 14.8. The number of hydrogen-bond acceptors (Lipinski definition) is 11. The second-order valence-corrected chi connectivity index (χ2v) is 7.14. The Kier molecular flexibility index (Phi) is 5.34. The molecule has 1 saturated heterocycles. The Bertz CT molecular complexity index is 1030. The highest BCUT2D eigenvalue weighted by Gasteiger charge is 2.46. The van der Waals surface area contributed by atoms with E-state index in [2.05, 4.69) is 19.1 Å². The summed E-state index contributed by atoms with van der Waals surface area (Å²) in [4.78, 5) is 22.3. The van der Waals surface area contributed by atoms with Crippen LogP contribution in [-0.4, -0.2) is 75.2 Å². The quantitative estimate of drug-likeness (QED) is 0.399. The van der Waals surface area contributed by atoms with Gasteiger partial charge in [0.15, 0.2) is 17.7 Å². The molecule has 2 aromatic rings. The average molecular weight is 442 g/mol. The lowest BCUT2D eigenvalue weighted by molar-refractivity contribution is -0.171. The number of imidazole rings is 1. The second kappa shape index (κ2) is 7.34. The van der Waals surface area contributed by atoms with Crippen LogP contribution in [0.15, 0.2) is 12.7 Å². The zero-order valence-electron chi connectivity index (χ0n) is 14.0. The Balaban J connectivity index is 1.71. The van der Waals surface area contributed by atoms with Gasteiger partial charge in [-0.1, -0.05) is 0 Å². The van der Waals surface area contributed by atoms with Crippen LogP contribution in [0, 0.1) is 0 Å². The maximum absolute atomic E-state index is 12.1. The van der Waals surface area contributed by atoms with E-state index in [-0.39, 0.29) is 17.0 Å². The fourth-order valence-corrected chi connectivity index (χ4v) is 3.23. The Morgan fingerprint density at radius 2 is 2.00 bits per heavy atom. The molecular formula is C12H13F3N6O7S. The number of amides is 1. The van der Waals surface area contributed by atoms with Crippen molar-refractivity contribution >= 4 is 33.2 Å². The first-order valence-electron chi connectivity index (χ1n) is 7.63. The maximum Gasteiger partial charge on any atom is 0.472 e. The molecule has 1 fully saturated rings. The van der Waals surface area contributed by atoms with Gasteiger partial charge >= 0.3 is 22.4 Å². The first-order valence-corrected chi connectivity index (χ1v) is 9.04. The monoisotopic (exact) mass is 442 g/mol. The predicted molar refractivity (Wildman–Crippen MR) is 84.7 cm³/mol. The number of nitrogens with two attached hydrogens (primary N) is 1. The van der Waals surface area contributed by atoms with E-state index in [0.29, 0.717) is 4.72 Å².